The number of nitrogens with zero attached hydrogens (tertiary/aromatic N) is 3. The van der Waals surface area contributed by atoms with Crippen LogP contribution in [0.1, 0.15) is 11.3 Å². The van der Waals surface area contributed by atoms with Gasteiger partial charge in [-0.3, -0.25) is 0 Å². The molecule has 0 radical (unpaired) electrons. The second-order valence-electron chi connectivity index (χ2n) is 5.28. The van der Waals surface area contributed by atoms with E-state index in [-0.39, 0.29) is 0 Å². The maximum atomic E-state index is 9.25. The summed E-state index contributed by atoms with van der Waals surface area (Å²) >= 11 is 5.89. The molecule has 0 spiro atoms. The maximum Gasteiger partial charge on any atom is 0.163 e. The first-order chi connectivity index (χ1) is 11.3. The van der Waals surface area contributed by atoms with E-state index in [0.29, 0.717) is 30.5 Å². The molecular weight excluding hydrogens is 312 g/mol. The normalized spacial score (nSPS) is 14.3. The number of ether oxygens (including phenoxy) is 1. The van der Waals surface area contributed by atoms with E-state index in [1.807, 2.05) is 30.3 Å². The van der Waals surface area contributed by atoms with Gasteiger partial charge in [0.15, 0.2) is 5.69 Å². The zero-order valence-electron chi connectivity index (χ0n) is 12.6. The molecule has 1 fully saturated rings. The summed E-state index contributed by atoms with van der Waals surface area (Å²) in [6.45, 7) is 3.72. The number of benzene rings is 1. The van der Waals surface area contributed by atoms with Gasteiger partial charge in [-0.1, -0.05) is 23.7 Å². The molecule has 0 aliphatic carbocycles. The van der Waals surface area contributed by atoms with Crippen LogP contribution in [0.3, 0.4) is 0 Å². The first-order valence-corrected chi connectivity index (χ1v) is 7.85. The lowest BCUT2D eigenvalue weighted by Crippen LogP contribution is -2.36. The second-order valence-corrected chi connectivity index (χ2v) is 5.72. The van der Waals surface area contributed by atoms with Gasteiger partial charge in [-0.15, -0.1) is 0 Å². The van der Waals surface area contributed by atoms with Gasteiger partial charge in [0.2, 0.25) is 0 Å². The summed E-state index contributed by atoms with van der Waals surface area (Å²) in [6, 6.07) is 11.7. The number of anilines is 2. The van der Waals surface area contributed by atoms with E-state index in [2.05, 4.69) is 21.3 Å². The van der Waals surface area contributed by atoms with Crippen LogP contribution in [0, 0.1) is 11.3 Å². The standard InChI is InChI=1S/C17H17ClN4O/c18-14-3-1-13(2-4-14)11-20-16-9-15(12-21-17(16)10-19)22-5-7-23-8-6-22/h1-4,9,12,20H,5-8,11H2. The zero-order valence-corrected chi connectivity index (χ0v) is 13.4. The van der Waals surface area contributed by atoms with Crippen molar-refractivity contribution in [1.29, 1.82) is 5.26 Å². The quantitative estimate of drug-likeness (QED) is 0.934. The highest BCUT2D eigenvalue weighted by Gasteiger charge is 2.14. The summed E-state index contributed by atoms with van der Waals surface area (Å²) in [6.07, 6.45) is 1.75. The molecule has 0 atom stereocenters. The molecule has 2 aromatic rings. The minimum atomic E-state index is 0.399. The van der Waals surface area contributed by atoms with Gasteiger partial charge in [-0.2, -0.15) is 5.26 Å². The smallest absolute Gasteiger partial charge is 0.163 e. The molecule has 0 amide bonds. The summed E-state index contributed by atoms with van der Waals surface area (Å²) < 4.78 is 5.37. The van der Waals surface area contributed by atoms with Gasteiger partial charge < -0.3 is 15.0 Å². The molecule has 1 aliphatic heterocycles. The van der Waals surface area contributed by atoms with E-state index < -0.39 is 0 Å². The number of rotatable bonds is 4. The Hall–Kier alpha value is -2.29. The van der Waals surface area contributed by atoms with Crippen molar-refractivity contribution in [3.8, 4) is 6.07 Å². The van der Waals surface area contributed by atoms with Gasteiger partial charge in [-0.05, 0) is 23.8 Å². The molecule has 0 bridgehead atoms. The highest BCUT2D eigenvalue weighted by molar-refractivity contribution is 6.30. The van der Waals surface area contributed by atoms with Crippen molar-refractivity contribution in [2.45, 2.75) is 6.54 Å². The molecular formula is C17H17ClN4O. The van der Waals surface area contributed by atoms with Crippen molar-refractivity contribution in [1.82, 2.24) is 4.98 Å². The predicted molar refractivity (Wildman–Crippen MR) is 90.8 cm³/mol. The lowest BCUT2D eigenvalue weighted by atomic mass is 10.2. The Kier molecular flexibility index (Phi) is 4.96. The first kappa shape index (κ1) is 15.6. The van der Waals surface area contributed by atoms with Gasteiger partial charge >= 0.3 is 0 Å². The van der Waals surface area contributed by atoms with Crippen LogP contribution in [0.2, 0.25) is 5.02 Å². The van der Waals surface area contributed by atoms with Crippen molar-refractivity contribution >= 4 is 23.0 Å². The maximum absolute atomic E-state index is 9.25. The number of nitriles is 1. The summed E-state index contributed by atoms with van der Waals surface area (Å²) in [5, 5.41) is 13.3. The highest BCUT2D eigenvalue weighted by Crippen LogP contribution is 2.23. The zero-order chi connectivity index (χ0) is 16.1. The Morgan fingerprint density at radius 2 is 2.00 bits per heavy atom. The van der Waals surface area contributed by atoms with E-state index in [0.717, 1.165) is 30.0 Å². The number of hydrogen-bond acceptors (Lipinski definition) is 5. The number of nitrogens with one attached hydrogen (secondary N) is 1. The van der Waals surface area contributed by atoms with Crippen LogP contribution < -0.4 is 10.2 Å². The van der Waals surface area contributed by atoms with Crippen LogP contribution >= 0.6 is 11.6 Å². The largest absolute Gasteiger partial charge is 0.379 e. The molecule has 5 nitrogen and oxygen atoms in total. The molecule has 2 heterocycles. The summed E-state index contributed by atoms with van der Waals surface area (Å²) in [7, 11) is 0. The van der Waals surface area contributed by atoms with Gasteiger partial charge in [0.05, 0.1) is 30.8 Å². The third-order valence-corrected chi connectivity index (χ3v) is 4.00. The minimum Gasteiger partial charge on any atom is -0.379 e. The van der Waals surface area contributed by atoms with Crippen LogP contribution in [-0.2, 0) is 11.3 Å². The van der Waals surface area contributed by atoms with Crippen LogP contribution in [0.25, 0.3) is 0 Å². The molecule has 118 valence electrons. The molecule has 1 aromatic carbocycles. The molecule has 1 aromatic heterocycles. The fraction of sp³-hybridized carbons (Fsp3) is 0.294. The van der Waals surface area contributed by atoms with Crippen LogP contribution in [0.15, 0.2) is 36.5 Å². The minimum absolute atomic E-state index is 0.399. The average molecular weight is 329 g/mol. The Bertz CT molecular complexity index is 706. The van der Waals surface area contributed by atoms with Crippen molar-refractivity contribution in [3.05, 3.63) is 52.8 Å². The lowest BCUT2D eigenvalue weighted by Gasteiger charge is -2.29. The molecule has 0 saturated carbocycles. The van der Waals surface area contributed by atoms with Crippen LogP contribution in [0.5, 0.6) is 0 Å². The van der Waals surface area contributed by atoms with Gasteiger partial charge in [0, 0.05) is 24.7 Å². The van der Waals surface area contributed by atoms with E-state index in [9.17, 15) is 5.26 Å². The number of pyridine rings is 1. The van der Waals surface area contributed by atoms with Crippen molar-refractivity contribution in [2.75, 3.05) is 36.5 Å². The van der Waals surface area contributed by atoms with E-state index in [1.54, 1.807) is 6.20 Å². The first-order valence-electron chi connectivity index (χ1n) is 7.47. The Labute approximate surface area is 140 Å². The van der Waals surface area contributed by atoms with Gasteiger partial charge in [-0.25, -0.2) is 4.98 Å². The summed E-state index contributed by atoms with van der Waals surface area (Å²) in [5.74, 6) is 0. The van der Waals surface area contributed by atoms with Crippen molar-refractivity contribution in [3.63, 3.8) is 0 Å². The molecule has 1 saturated heterocycles. The van der Waals surface area contributed by atoms with Crippen LogP contribution in [0.4, 0.5) is 11.4 Å². The van der Waals surface area contributed by atoms with Crippen molar-refractivity contribution in [2.24, 2.45) is 0 Å². The number of morpholine rings is 1. The highest BCUT2D eigenvalue weighted by atomic mass is 35.5. The van der Waals surface area contributed by atoms with Gasteiger partial charge in [0.25, 0.3) is 0 Å². The predicted octanol–water partition coefficient (Wildman–Crippen LogP) is 3.06. The number of hydrogen-bond donors (Lipinski definition) is 1. The average Bonchev–Trinajstić information content (AvgIpc) is 2.62. The molecule has 1 aliphatic rings. The van der Waals surface area contributed by atoms with Gasteiger partial charge in [0.1, 0.15) is 6.07 Å². The Morgan fingerprint density at radius 1 is 1.26 bits per heavy atom. The SMILES string of the molecule is N#Cc1ncc(N2CCOCC2)cc1NCc1ccc(Cl)cc1. The van der Waals surface area contributed by atoms with Crippen LogP contribution in [-0.4, -0.2) is 31.3 Å². The van der Waals surface area contributed by atoms with Crippen molar-refractivity contribution < 1.29 is 4.74 Å². The molecule has 23 heavy (non-hydrogen) atoms. The third kappa shape index (κ3) is 3.92. The molecule has 3 rings (SSSR count). The topological polar surface area (TPSA) is 61.2 Å². The number of halogens is 1. The second kappa shape index (κ2) is 7.32. The monoisotopic (exact) mass is 328 g/mol. The van der Waals surface area contributed by atoms with E-state index in [1.165, 1.54) is 0 Å². The Morgan fingerprint density at radius 3 is 2.70 bits per heavy atom. The lowest BCUT2D eigenvalue weighted by molar-refractivity contribution is 0.122. The molecule has 1 N–H and O–H groups in total. The summed E-state index contributed by atoms with van der Waals surface area (Å²) in [4.78, 5) is 6.48. The molecule has 0 unspecified atom stereocenters. The summed E-state index contributed by atoms with van der Waals surface area (Å²) in [5.41, 5.74) is 3.24. The van der Waals surface area contributed by atoms with E-state index in [4.69, 9.17) is 16.3 Å². The fourth-order valence-electron chi connectivity index (χ4n) is 2.47. The fourth-order valence-corrected chi connectivity index (χ4v) is 2.60. The van der Waals surface area contributed by atoms with E-state index >= 15 is 0 Å². The number of aromatic nitrogens is 1. The molecule has 6 heteroatoms. The third-order valence-electron chi connectivity index (χ3n) is 3.75. The Balaban J connectivity index is 1.76.